The predicted molar refractivity (Wildman–Crippen MR) is 101 cm³/mol. The van der Waals surface area contributed by atoms with E-state index >= 15 is 0 Å². The summed E-state index contributed by atoms with van der Waals surface area (Å²) >= 11 is 1.39. The Morgan fingerprint density at radius 3 is 2.73 bits per heavy atom. The fraction of sp³-hybridized carbons (Fsp3) is 0.529. The molecule has 26 heavy (non-hydrogen) atoms. The lowest BCUT2D eigenvalue weighted by Crippen LogP contribution is -2.45. The lowest BCUT2D eigenvalue weighted by Gasteiger charge is -2.21. The average Bonchev–Trinajstić information content (AvgIpc) is 3.24. The highest BCUT2D eigenvalue weighted by atomic mass is 32.1. The van der Waals surface area contributed by atoms with Gasteiger partial charge in [0, 0.05) is 18.3 Å². The van der Waals surface area contributed by atoms with Gasteiger partial charge in [0.2, 0.25) is 5.91 Å². The van der Waals surface area contributed by atoms with Crippen molar-refractivity contribution in [3.8, 4) is 10.4 Å². The van der Waals surface area contributed by atoms with Gasteiger partial charge in [-0.25, -0.2) is 9.78 Å². The Morgan fingerprint density at radius 1 is 1.38 bits per heavy atom. The van der Waals surface area contributed by atoms with Gasteiger partial charge in [0.1, 0.15) is 6.04 Å². The molecule has 1 fully saturated rings. The Kier molecular flexibility index (Phi) is 4.74. The van der Waals surface area contributed by atoms with Crippen LogP contribution in [-0.2, 0) is 10.3 Å². The summed E-state index contributed by atoms with van der Waals surface area (Å²) in [7, 11) is 0. The van der Waals surface area contributed by atoms with Crippen LogP contribution in [0.3, 0.4) is 0 Å². The van der Waals surface area contributed by atoms with E-state index < -0.39 is 11.9 Å². The predicted octanol–water partition coefficient (Wildman–Crippen LogP) is 2.55. The second-order valence-electron chi connectivity index (χ2n) is 7.46. The normalized spacial score (nSPS) is 17.5. The minimum Gasteiger partial charge on any atom is -0.368 e. The molecule has 3 amide bonds. The molecule has 1 atom stereocenters. The van der Waals surface area contributed by atoms with Gasteiger partial charge in [-0.05, 0) is 40.5 Å². The van der Waals surface area contributed by atoms with Crippen LogP contribution in [0.1, 0.15) is 39.3 Å². The van der Waals surface area contributed by atoms with E-state index in [4.69, 9.17) is 5.73 Å². The molecular weight excluding hydrogens is 352 g/mol. The number of aryl methyl sites for hydroxylation is 1. The van der Waals surface area contributed by atoms with Crippen molar-refractivity contribution in [1.82, 2.24) is 19.7 Å². The highest BCUT2D eigenvalue weighted by Gasteiger charge is 2.33. The number of rotatable bonds is 3. The Hall–Kier alpha value is -2.42. The maximum atomic E-state index is 12.5. The smallest absolute Gasteiger partial charge is 0.324 e. The standard InChI is InChI=1S/C17H24N6O2S/c1-10-13(11-8-19-23(9-11)17(2,3)4)26-15(20-10)21-16(25)22-7-5-6-12(22)14(18)24/h8-9,12H,5-7H2,1-4H3,(H2,18,24)(H,20,21,25)/t12-/m0/s1. The second kappa shape index (κ2) is 6.71. The molecule has 3 N–H and O–H groups in total. The van der Waals surface area contributed by atoms with E-state index in [2.05, 4.69) is 36.2 Å². The van der Waals surface area contributed by atoms with Crippen LogP contribution in [0.5, 0.6) is 0 Å². The van der Waals surface area contributed by atoms with Crippen LogP contribution in [0.15, 0.2) is 12.4 Å². The number of carbonyl (C=O) groups excluding carboxylic acids is 2. The number of nitrogens with one attached hydrogen (secondary N) is 1. The van der Waals surface area contributed by atoms with Gasteiger partial charge in [-0.15, -0.1) is 0 Å². The van der Waals surface area contributed by atoms with Gasteiger partial charge in [0.25, 0.3) is 0 Å². The number of thiazole rings is 1. The molecular formula is C17H24N6O2S. The van der Waals surface area contributed by atoms with Crippen LogP contribution in [0.2, 0.25) is 0 Å². The van der Waals surface area contributed by atoms with Gasteiger partial charge in [-0.1, -0.05) is 11.3 Å². The third kappa shape index (κ3) is 3.57. The molecule has 0 aromatic carbocycles. The molecule has 1 saturated heterocycles. The summed E-state index contributed by atoms with van der Waals surface area (Å²) in [5.41, 5.74) is 7.06. The molecule has 0 saturated carbocycles. The van der Waals surface area contributed by atoms with Crippen LogP contribution < -0.4 is 11.1 Å². The quantitative estimate of drug-likeness (QED) is 0.858. The zero-order valence-electron chi connectivity index (χ0n) is 15.4. The number of aromatic nitrogens is 3. The monoisotopic (exact) mass is 376 g/mol. The molecule has 2 aromatic rings. The number of hydrogen-bond donors (Lipinski definition) is 2. The van der Waals surface area contributed by atoms with Crippen molar-refractivity contribution in [2.45, 2.75) is 52.1 Å². The van der Waals surface area contributed by atoms with Gasteiger partial charge in [-0.3, -0.25) is 14.8 Å². The molecule has 0 unspecified atom stereocenters. The van der Waals surface area contributed by atoms with Crippen LogP contribution in [0.4, 0.5) is 9.93 Å². The summed E-state index contributed by atoms with van der Waals surface area (Å²) in [4.78, 5) is 30.8. The van der Waals surface area contributed by atoms with Crippen LogP contribution >= 0.6 is 11.3 Å². The second-order valence-corrected chi connectivity index (χ2v) is 8.46. The number of likely N-dealkylation sites (tertiary alicyclic amines) is 1. The topological polar surface area (TPSA) is 106 Å². The first-order valence-corrected chi connectivity index (χ1v) is 9.38. The third-order valence-corrected chi connectivity index (χ3v) is 5.51. The van der Waals surface area contributed by atoms with E-state index in [1.807, 2.05) is 17.8 Å². The number of amides is 3. The molecule has 3 heterocycles. The summed E-state index contributed by atoms with van der Waals surface area (Å²) < 4.78 is 1.90. The number of carbonyl (C=O) groups is 2. The maximum absolute atomic E-state index is 12.5. The molecule has 1 aliphatic heterocycles. The van der Waals surface area contributed by atoms with E-state index in [-0.39, 0.29) is 11.6 Å². The summed E-state index contributed by atoms with van der Waals surface area (Å²) in [6.45, 7) is 8.67. The zero-order chi connectivity index (χ0) is 19.1. The highest BCUT2D eigenvalue weighted by molar-refractivity contribution is 7.19. The first-order valence-electron chi connectivity index (χ1n) is 8.56. The van der Waals surface area contributed by atoms with E-state index in [1.165, 1.54) is 16.2 Å². The summed E-state index contributed by atoms with van der Waals surface area (Å²) in [5, 5.41) is 7.71. The van der Waals surface area contributed by atoms with Crippen molar-refractivity contribution >= 4 is 28.4 Å². The lowest BCUT2D eigenvalue weighted by molar-refractivity contribution is -0.121. The fourth-order valence-corrected chi connectivity index (χ4v) is 3.92. The first-order chi connectivity index (χ1) is 12.2. The molecule has 140 valence electrons. The van der Waals surface area contributed by atoms with E-state index in [0.717, 1.165) is 22.6 Å². The average molecular weight is 376 g/mol. The molecule has 2 aromatic heterocycles. The Bertz CT molecular complexity index is 835. The summed E-state index contributed by atoms with van der Waals surface area (Å²) in [6.07, 6.45) is 5.17. The van der Waals surface area contributed by atoms with Gasteiger partial charge in [0.05, 0.1) is 22.3 Å². The van der Waals surface area contributed by atoms with Crippen molar-refractivity contribution in [1.29, 1.82) is 0 Å². The van der Waals surface area contributed by atoms with Gasteiger partial charge in [-0.2, -0.15) is 5.10 Å². The van der Waals surface area contributed by atoms with E-state index in [1.54, 1.807) is 6.20 Å². The number of nitrogens with zero attached hydrogens (tertiary/aromatic N) is 4. The molecule has 0 bridgehead atoms. The van der Waals surface area contributed by atoms with Crippen molar-refractivity contribution in [2.75, 3.05) is 11.9 Å². The molecule has 3 rings (SSSR count). The van der Waals surface area contributed by atoms with Crippen LogP contribution in [0, 0.1) is 6.92 Å². The molecule has 0 radical (unpaired) electrons. The molecule has 1 aliphatic rings. The number of primary amides is 1. The van der Waals surface area contributed by atoms with Crippen LogP contribution in [0.25, 0.3) is 10.4 Å². The SMILES string of the molecule is Cc1nc(NC(=O)N2CCC[C@H]2C(N)=O)sc1-c1cnn(C(C)(C)C)c1. The van der Waals surface area contributed by atoms with E-state index in [0.29, 0.717) is 18.1 Å². The molecule has 9 heteroatoms. The van der Waals surface area contributed by atoms with Crippen molar-refractivity contribution in [3.63, 3.8) is 0 Å². The highest BCUT2D eigenvalue weighted by Crippen LogP contribution is 2.33. The Balaban J connectivity index is 1.77. The largest absolute Gasteiger partial charge is 0.368 e. The lowest BCUT2D eigenvalue weighted by atomic mass is 10.1. The molecule has 8 nitrogen and oxygen atoms in total. The minimum absolute atomic E-state index is 0.104. The minimum atomic E-state index is -0.541. The summed E-state index contributed by atoms with van der Waals surface area (Å²) in [6, 6.07) is -0.877. The number of urea groups is 1. The molecule has 0 aliphatic carbocycles. The van der Waals surface area contributed by atoms with Gasteiger partial charge < -0.3 is 10.6 Å². The maximum Gasteiger partial charge on any atom is 0.324 e. The Morgan fingerprint density at radius 2 is 2.12 bits per heavy atom. The number of anilines is 1. The third-order valence-electron chi connectivity index (χ3n) is 4.38. The van der Waals surface area contributed by atoms with Gasteiger partial charge >= 0.3 is 6.03 Å². The number of hydrogen-bond acceptors (Lipinski definition) is 5. The summed E-state index contributed by atoms with van der Waals surface area (Å²) in [5.74, 6) is -0.469. The zero-order valence-corrected chi connectivity index (χ0v) is 16.3. The van der Waals surface area contributed by atoms with Crippen molar-refractivity contribution < 1.29 is 9.59 Å². The van der Waals surface area contributed by atoms with Crippen molar-refractivity contribution in [2.24, 2.45) is 5.73 Å². The number of nitrogens with two attached hydrogens (primary N) is 1. The fourth-order valence-electron chi connectivity index (χ4n) is 2.99. The van der Waals surface area contributed by atoms with Gasteiger partial charge in [0.15, 0.2) is 5.13 Å². The Labute approximate surface area is 156 Å². The van der Waals surface area contributed by atoms with E-state index in [9.17, 15) is 9.59 Å². The van der Waals surface area contributed by atoms with Crippen molar-refractivity contribution in [3.05, 3.63) is 18.1 Å². The van der Waals surface area contributed by atoms with Crippen LogP contribution in [-0.4, -0.2) is 44.2 Å². The first kappa shape index (κ1) is 18.4. The molecule has 0 spiro atoms.